The van der Waals surface area contributed by atoms with Crippen LogP contribution < -0.4 is 15.2 Å². The number of anilines is 2. The van der Waals surface area contributed by atoms with Crippen LogP contribution in [0.2, 0.25) is 5.02 Å². The van der Waals surface area contributed by atoms with Crippen molar-refractivity contribution in [2.45, 2.75) is 4.90 Å². The molecule has 0 atom stereocenters. The first-order valence-electron chi connectivity index (χ1n) is 5.75. The summed E-state index contributed by atoms with van der Waals surface area (Å²) in [4.78, 5) is -0.519. The Bertz CT molecular complexity index is 781. The number of hydrogen-bond acceptors (Lipinski definition) is 4. The summed E-state index contributed by atoms with van der Waals surface area (Å²) in [7, 11) is -2.69. The molecule has 0 aromatic heterocycles. The maximum Gasteiger partial charge on any atom is 0.264 e. The molecule has 0 radical (unpaired) electrons. The van der Waals surface area contributed by atoms with Crippen LogP contribution in [0.4, 0.5) is 15.8 Å². The molecular weight excluding hydrogens is 319 g/mol. The predicted octanol–water partition coefficient (Wildman–Crippen LogP) is 2.87. The van der Waals surface area contributed by atoms with E-state index in [4.69, 9.17) is 22.1 Å². The molecule has 0 aliphatic rings. The Morgan fingerprint density at radius 2 is 1.95 bits per heavy atom. The summed E-state index contributed by atoms with van der Waals surface area (Å²) < 4.78 is 45.3. The highest BCUT2D eigenvalue weighted by Crippen LogP contribution is 2.28. The molecule has 0 fully saturated rings. The van der Waals surface area contributed by atoms with Crippen molar-refractivity contribution in [3.63, 3.8) is 0 Å². The average Bonchev–Trinajstić information content (AvgIpc) is 2.40. The van der Waals surface area contributed by atoms with Gasteiger partial charge in [0.1, 0.15) is 16.5 Å². The highest BCUT2D eigenvalue weighted by atomic mass is 35.5. The third-order valence-electron chi connectivity index (χ3n) is 2.69. The molecule has 0 bridgehead atoms. The SMILES string of the molecule is COc1ccc(N)c(NS(=O)(=O)c2ccc(Cl)cc2F)c1. The molecule has 8 heteroatoms. The molecule has 0 spiro atoms. The van der Waals surface area contributed by atoms with Crippen molar-refractivity contribution < 1.29 is 17.5 Å². The van der Waals surface area contributed by atoms with E-state index in [2.05, 4.69) is 4.72 Å². The van der Waals surface area contributed by atoms with Gasteiger partial charge in [-0.2, -0.15) is 0 Å². The Morgan fingerprint density at radius 1 is 1.24 bits per heavy atom. The van der Waals surface area contributed by atoms with Gasteiger partial charge in [-0.1, -0.05) is 11.6 Å². The summed E-state index contributed by atoms with van der Waals surface area (Å²) in [5.74, 6) is -0.532. The summed E-state index contributed by atoms with van der Waals surface area (Å²) in [6.45, 7) is 0. The van der Waals surface area contributed by atoms with Crippen LogP contribution in [-0.4, -0.2) is 15.5 Å². The zero-order chi connectivity index (χ0) is 15.6. The van der Waals surface area contributed by atoms with E-state index >= 15 is 0 Å². The van der Waals surface area contributed by atoms with Gasteiger partial charge in [0.2, 0.25) is 0 Å². The van der Waals surface area contributed by atoms with Gasteiger partial charge in [-0.15, -0.1) is 0 Å². The molecule has 0 amide bonds. The van der Waals surface area contributed by atoms with Gasteiger partial charge in [-0.3, -0.25) is 4.72 Å². The third kappa shape index (κ3) is 3.37. The van der Waals surface area contributed by atoms with Crippen LogP contribution in [0.5, 0.6) is 5.75 Å². The molecule has 0 saturated carbocycles. The van der Waals surface area contributed by atoms with Gasteiger partial charge in [0, 0.05) is 11.1 Å². The van der Waals surface area contributed by atoms with Crippen LogP contribution in [0, 0.1) is 5.82 Å². The number of ether oxygens (including phenoxy) is 1. The summed E-state index contributed by atoms with van der Waals surface area (Å²) in [6, 6.07) is 7.75. The molecule has 2 aromatic rings. The van der Waals surface area contributed by atoms with E-state index in [1.165, 1.54) is 25.3 Å². The quantitative estimate of drug-likeness (QED) is 0.845. The van der Waals surface area contributed by atoms with Crippen LogP contribution in [0.15, 0.2) is 41.3 Å². The highest BCUT2D eigenvalue weighted by molar-refractivity contribution is 7.92. The zero-order valence-corrected chi connectivity index (χ0v) is 12.5. The van der Waals surface area contributed by atoms with Gasteiger partial charge < -0.3 is 10.5 Å². The van der Waals surface area contributed by atoms with Crippen LogP contribution in [0.1, 0.15) is 0 Å². The van der Waals surface area contributed by atoms with Crippen LogP contribution >= 0.6 is 11.6 Å². The summed E-state index contributed by atoms with van der Waals surface area (Å²) in [5.41, 5.74) is 5.98. The molecule has 0 aliphatic carbocycles. The zero-order valence-electron chi connectivity index (χ0n) is 10.9. The number of halogens is 2. The van der Waals surface area contributed by atoms with E-state index in [9.17, 15) is 12.8 Å². The minimum atomic E-state index is -4.13. The molecule has 0 saturated heterocycles. The molecule has 2 rings (SSSR count). The molecule has 0 unspecified atom stereocenters. The fraction of sp³-hybridized carbons (Fsp3) is 0.0769. The Labute approximate surface area is 126 Å². The monoisotopic (exact) mass is 330 g/mol. The minimum Gasteiger partial charge on any atom is -0.497 e. The maximum absolute atomic E-state index is 13.7. The van der Waals surface area contributed by atoms with Crippen LogP contribution in [0.25, 0.3) is 0 Å². The van der Waals surface area contributed by atoms with Crippen molar-refractivity contribution in [3.8, 4) is 5.75 Å². The van der Waals surface area contributed by atoms with Gasteiger partial charge in [-0.25, -0.2) is 12.8 Å². The molecule has 112 valence electrons. The van der Waals surface area contributed by atoms with Gasteiger partial charge in [0.15, 0.2) is 0 Å². The number of hydrogen-bond donors (Lipinski definition) is 2. The Hall–Kier alpha value is -1.99. The van der Waals surface area contributed by atoms with Gasteiger partial charge >= 0.3 is 0 Å². The van der Waals surface area contributed by atoms with E-state index < -0.39 is 20.7 Å². The summed E-state index contributed by atoms with van der Waals surface area (Å²) in [6.07, 6.45) is 0. The number of nitrogens with two attached hydrogens (primary N) is 1. The fourth-order valence-corrected chi connectivity index (χ4v) is 2.94. The largest absolute Gasteiger partial charge is 0.497 e. The van der Waals surface area contributed by atoms with E-state index in [1.54, 1.807) is 6.07 Å². The van der Waals surface area contributed by atoms with Crippen molar-refractivity contribution >= 4 is 33.0 Å². The second-order valence-corrected chi connectivity index (χ2v) is 6.22. The Morgan fingerprint density at radius 3 is 2.57 bits per heavy atom. The van der Waals surface area contributed by atoms with Crippen LogP contribution in [-0.2, 0) is 10.0 Å². The number of methoxy groups -OCH3 is 1. The average molecular weight is 331 g/mol. The lowest BCUT2D eigenvalue weighted by atomic mass is 10.2. The molecular formula is C13H12ClFN2O3S. The maximum atomic E-state index is 13.7. The van der Waals surface area contributed by atoms with E-state index in [0.717, 1.165) is 12.1 Å². The van der Waals surface area contributed by atoms with E-state index in [1.807, 2.05) is 0 Å². The lowest BCUT2D eigenvalue weighted by Gasteiger charge is -2.12. The number of sulfonamides is 1. The molecule has 21 heavy (non-hydrogen) atoms. The lowest BCUT2D eigenvalue weighted by molar-refractivity contribution is 0.415. The molecule has 2 aromatic carbocycles. The minimum absolute atomic E-state index is 0.101. The van der Waals surface area contributed by atoms with Crippen LogP contribution in [0.3, 0.4) is 0 Å². The van der Waals surface area contributed by atoms with Crippen molar-refractivity contribution in [2.24, 2.45) is 0 Å². The Kier molecular flexibility index (Phi) is 4.24. The van der Waals surface area contributed by atoms with Crippen molar-refractivity contribution in [2.75, 3.05) is 17.6 Å². The second kappa shape index (κ2) is 5.79. The number of rotatable bonds is 4. The van der Waals surface area contributed by atoms with Crippen molar-refractivity contribution in [1.82, 2.24) is 0 Å². The van der Waals surface area contributed by atoms with E-state index in [0.29, 0.717) is 5.75 Å². The van der Waals surface area contributed by atoms with Gasteiger partial charge in [-0.05, 0) is 30.3 Å². The molecule has 0 heterocycles. The third-order valence-corrected chi connectivity index (χ3v) is 4.32. The molecule has 0 aliphatic heterocycles. The fourth-order valence-electron chi connectivity index (χ4n) is 1.64. The lowest BCUT2D eigenvalue weighted by Crippen LogP contribution is -2.15. The van der Waals surface area contributed by atoms with Gasteiger partial charge in [0.05, 0.1) is 18.5 Å². The highest BCUT2D eigenvalue weighted by Gasteiger charge is 2.20. The standard InChI is InChI=1S/C13H12ClFN2O3S/c1-20-9-3-4-11(16)12(7-9)17-21(18,19)13-5-2-8(14)6-10(13)15/h2-7,17H,16H2,1H3. The number of nitrogens with one attached hydrogen (secondary N) is 1. The number of benzene rings is 2. The first-order valence-corrected chi connectivity index (χ1v) is 7.61. The predicted molar refractivity (Wildman–Crippen MR) is 79.6 cm³/mol. The topological polar surface area (TPSA) is 81.4 Å². The summed E-state index contributed by atoms with van der Waals surface area (Å²) in [5, 5.41) is 0.104. The molecule has 3 N–H and O–H groups in total. The first-order chi connectivity index (χ1) is 9.83. The Balaban J connectivity index is 2.42. The summed E-state index contributed by atoms with van der Waals surface area (Å²) >= 11 is 5.60. The normalized spacial score (nSPS) is 11.2. The smallest absolute Gasteiger partial charge is 0.264 e. The van der Waals surface area contributed by atoms with E-state index in [-0.39, 0.29) is 16.4 Å². The number of nitrogen functional groups attached to an aromatic ring is 1. The van der Waals surface area contributed by atoms with Crippen molar-refractivity contribution in [1.29, 1.82) is 0 Å². The van der Waals surface area contributed by atoms with Crippen molar-refractivity contribution in [3.05, 3.63) is 47.2 Å². The van der Waals surface area contributed by atoms with Gasteiger partial charge in [0.25, 0.3) is 10.0 Å². The first kappa shape index (κ1) is 15.4. The second-order valence-electron chi connectivity index (χ2n) is 4.13. The molecule has 5 nitrogen and oxygen atoms in total.